The first-order valence-electron chi connectivity index (χ1n) is 10.5. The number of benzene rings is 3. The van der Waals surface area contributed by atoms with Gasteiger partial charge in [-0.3, -0.25) is 4.79 Å². The summed E-state index contributed by atoms with van der Waals surface area (Å²) in [5.41, 5.74) is 2.95. The molecule has 0 saturated carbocycles. The monoisotopic (exact) mass is 433 g/mol. The van der Waals surface area contributed by atoms with E-state index in [9.17, 15) is 19.1 Å². The number of nitrogens with zero attached hydrogens (tertiary/aromatic N) is 1. The molecule has 0 bridgehead atoms. The van der Waals surface area contributed by atoms with Crippen LogP contribution in [-0.2, 0) is 11.3 Å². The van der Waals surface area contributed by atoms with Gasteiger partial charge in [-0.05, 0) is 35.7 Å². The molecular weight excluding hydrogens is 409 g/mol. The van der Waals surface area contributed by atoms with Crippen LogP contribution in [0.2, 0.25) is 0 Å². The number of ether oxygens (including phenoxy) is 1. The van der Waals surface area contributed by atoms with Crippen LogP contribution < -0.4 is 0 Å². The molecule has 2 atom stereocenters. The Kier molecular flexibility index (Phi) is 6.61. The van der Waals surface area contributed by atoms with Crippen molar-refractivity contribution in [2.24, 2.45) is 0 Å². The Labute approximate surface area is 186 Å². The summed E-state index contributed by atoms with van der Waals surface area (Å²) in [5.74, 6) is -0.416. The van der Waals surface area contributed by atoms with Crippen molar-refractivity contribution >= 4 is 11.9 Å². The van der Waals surface area contributed by atoms with Gasteiger partial charge in [0.15, 0.2) is 5.78 Å². The van der Waals surface area contributed by atoms with E-state index in [1.807, 2.05) is 30.3 Å². The summed E-state index contributed by atoms with van der Waals surface area (Å²) in [6.07, 6.45) is -0.764. The SMILES string of the molecule is O=C(c1ccccc1)c1cccc(COC2CN(C(=O)O)CCC2c2ccc(F)cc2)c1. The molecule has 0 spiro atoms. The van der Waals surface area contributed by atoms with Gasteiger partial charge in [-0.2, -0.15) is 0 Å². The van der Waals surface area contributed by atoms with Crippen LogP contribution in [0.25, 0.3) is 0 Å². The van der Waals surface area contributed by atoms with Crippen molar-refractivity contribution in [2.75, 3.05) is 13.1 Å². The van der Waals surface area contributed by atoms with Crippen LogP contribution in [0.4, 0.5) is 9.18 Å². The smallest absolute Gasteiger partial charge is 0.407 e. The van der Waals surface area contributed by atoms with Crippen molar-refractivity contribution < 1.29 is 23.8 Å². The number of rotatable bonds is 6. The van der Waals surface area contributed by atoms with Crippen LogP contribution in [0.5, 0.6) is 0 Å². The second-order valence-corrected chi connectivity index (χ2v) is 7.92. The van der Waals surface area contributed by atoms with Gasteiger partial charge in [0.2, 0.25) is 0 Å². The van der Waals surface area contributed by atoms with Gasteiger partial charge in [-0.15, -0.1) is 0 Å². The molecule has 6 heteroatoms. The number of piperidine rings is 1. The molecule has 0 aromatic heterocycles. The third-order valence-corrected chi connectivity index (χ3v) is 5.82. The van der Waals surface area contributed by atoms with Crippen LogP contribution in [-0.4, -0.2) is 41.1 Å². The molecule has 1 aliphatic heterocycles. The molecule has 0 radical (unpaired) electrons. The molecule has 1 saturated heterocycles. The lowest BCUT2D eigenvalue weighted by atomic mass is 9.87. The second-order valence-electron chi connectivity index (χ2n) is 7.92. The number of likely N-dealkylation sites (tertiary alicyclic amines) is 1. The molecule has 2 unspecified atom stereocenters. The molecule has 4 rings (SSSR count). The molecule has 1 heterocycles. The predicted octanol–water partition coefficient (Wildman–Crippen LogP) is 5.11. The van der Waals surface area contributed by atoms with Crippen molar-refractivity contribution in [1.82, 2.24) is 4.90 Å². The fourth-order valence-corrected chi connectivity index (χ4v) is 4.11. The van der Waals surface area contributed by atoms with E-state index in [4.69, 9.17) is 4.74 Å². The van der Waals surface area contributed by atoms with Crippen LogP contribution >= 0.6 is 0 Å². The molecule has 1 fully saturated rings. The van der Waals surface area contributed by atoms with Crippen molar-refractivity contribution in [3.8, 4) is 0 Å². The van der Waals surface area contributed by atoms with Gasteiger partial charge in [-0.25, -0.2) is 9.18 Å². The number of hydrogen-bond donors (Lipinski definition) is 1. The summed E-state index contributed by atoms with van der Waals surface area (Å²) < 4.78 is 19.5. The minimum atomic E-state index is -0.980. The maximum atomic E-state index is 13.4. The van der Waals surface area contributed by atoms with E-state index in [-0.39, 0.29) is 36.8 Å². The lowest BCUT2D eigenvalue weighted by Gasteiger charge is -2.37. The van der Waals surface area contributed by atoms with E-state index < -0.39 is 6.09 Å². The summed E-state index contributed by atoms with van der Waals surface area (Å²) in [5, 5.41) is 9.42. The van der Waals surface area contributed by atoms with Crippen molar-refractivity contribution in [3.05, 3.63) is 107 Å². The Morgan fingerprint density at radius 3 is 2.41 bits per heavy atom. The van der Waals surface area contributed by atoms with Gasteiger partial charge in [0.05, 0.1) is 19.3 Å². The summed E-state index contributed by atoms with van der Waals surface area (Å²) in [7, 11) is 0. The van der Waals surface area contributed by atoms with E-state index in [1.165, 1.54) is 17.0 Å². The largest absolute Gasteiger partial charge is 0.465 e. The van der Waals surface area contributed by atoms with Crippen molar-refractivity contribution in [2.45, 2.75) is 25.0 Å². The topological polar surface area (TPSA) is 66.8 Å². The number of halogens is 1. The minimum absolute atomic E-state index is 0.0414. The average molecular weight is 433 g/mol. The third-order valence-electron chi connectivity index (χ3n) is 5.82. The molecule has 1 aliphatic rings. The van der Waals surface area contributed by atoms with E-state index in [1.54, 1.807) is 36.4 Å². The predicted molar refractivity (Wildman–Crippen MR) is 118 cm³/mol. The summed E-state index contributed by atoms with van der Waals surface area (Å²) in [6, 6.07) is 22.6. The van der Waals surface area contributed by atoms with Crippen LogP contribution in [0.3, 0.4) is 0 Å². The van der Waals surface area contributed by atoms with Crippen molar-refractivity contribution in [3.63, 3.8) is 0 Å². The van der Waals surface area contributed by atoms with E-state index in [0.29, 0.717) is 24.1 Å². The number of carbonyl (C=O) groups excluding carboxylic acids is 1. The highest BCUT2D eigenvalue weighted by molar-refractivity contribution is 6.09. The molecule has 0 aliphatic carbocycles. The van der Waals surface area contributed by atoms with Gasteiger partial charge >= 0.3 is 6.09 Å². The zero-order valence-corrected chi connectivity index (χ0v) is 17.5. The van der Waals surface area contributed by atoms with E-state index in [0.717, 1.165) is 11.1 Å². The highest BCUT2D eigenvalue weighted by Gasteiger charge is 2.33. The molecule has 1 N–H and O–H groups in total. The average Bonchev–Trinajstić information content (AvgIpc) is 2.83. The zero-order valence-electron chi connectivity index (χ0n) is 17.5. The number of carboxylic acid groups (broad SMARTS) is 1. The molecule has 3 aromatic rings. The van der Waals surface area contributed by atoms with Gasteiger partial charge in [0.1, 0.15) is 5.82 Å². The number of ketones is 1. The summed E-state index contributed by atoms with van der Waals surface area (Å²) in [4.78, 5) is 25.6. The van der Waals surface area contributed by atoms with E-state index in [2.05, 4.69) is 0 Å². The maximum Gasteiger partial charge on any atom is 0.407 e. The fourth-order valence-electron chi connectivity index (χ4n) is 4.11. The summed E-state index contributed by atoms with van der Waals surface area (Å²) in [6.45, 7) is 0.879. The zero-order chi connectivity index (χ0) is 22.5. The van der Waals surface area contributed by atoms with E-state index >= 15 is 0 Å². The van der Waals surface area contributed by atoms with Crippen molar-refractivity contribution in [1.29, 1.82) is 0 Å². The van der Waals surface area contributed by atoms with Gasteiger partial charge in [-0.1, -0.05) is 60.7 Å². The highest BCUT2D eigenvalue weighted by atomic mass is 19.1. The third kappa shape index (κ3) is 5.03. The molecule has 1 amide bonds. The van der Waals surface area contributed by atoms with Crippen LogP contribution in [0, 0.1) is 5.82 Å². The Morgan fingerprint density at radius 2 is 1.69 bits per heavy atom. The van der Waals surface area contributed by atoms with Crippen LogP contribution in [0.1, 0.15) is 39.4 Å². The fraction of sp³-hybridized carbons (Fsp3) is 0.231. The molecule has 164 valence electrons. The Balaban J connectivity index is 1.50. The summed E-state index contributed by atoms with van der Waals surface area (Å²) >= 11 is 0. The first kappa shape index (κ1) is 21.7. The Morgan fingerprint density at radius 1 is 0.969 bits per heavy atom. The normalized spacial score (nSPS) is 18.3. The van der Waals surface area contributed by atoms with Gasteiger partial charge in [0.25, 0.3) is 0 Å². The van der Waals surface area contributed by atoms with Gasteiger partial charge in [0, 0.05) is 23.6 Å². The lowest BCUT2D eigenvalue weighted by molar-refractivity contribution is -0.0199. The second kappa shape index (κ2) is 9.75. The standard InChI is InChI=1S/C26H24FNO4/c27-22-11-9-19(10-12-22)23-13-14-28(26(30)31)16-24(23)32-17-18-5-4-8-21(15-18)25(29)20-6-2-1-3-7-20/h1-12,15,23-24H,13-14,16-17H2,(H,30,31). The number of amides is 1. The number of carbonyl (C=O) groups is 2. The maximum absolute atomic E-state index is 13.4. The molecule has 5 nitrogen and oxygen atoms in total. The number of hydrogen-bond acceptors (Lipinski definition) is 3. The Bertz CT molecular complexity index is 1080. The first-order chi connectivity index (χ1) is 15.5. The quantitative estimate of drug-likeness (QED) is 0.549. The highest BCUT2D eigenvalue weighted by Crippen LogP contribution is 2.31. The first-order valence-corrected chi connectivity index (χ1v) is 10.5. The molecule has 32 heavy (non-hydrogen) atoms. The van der Waals surface area contributed by atoms with Crippen LogP contribution in [0.15, 0.2) is 78.9 Å². The minimum Gasteiger partial charge on any atom is -0.465 e. The van der Waals surface area contributed by atoms with Gasteiger partial charge < -0.3 is 14.7 Å². The molecule has 3 aromatic carbocycles. The Hall–Kier alpha value is -3.51. The molecular formula is C26H24FNO4. The lowest BCUT2D eigenvalue weighted by Crippen LogP contribution is -2.46.